The Bertz CT molecular complexity index is 1520. The molecule has 4 aromatic heterocycles. The van der Waals surface area contributed by atoms with Gasteiger partial charge in [0.15, 0.2) is 5.82 Å². The van der Waals surface area contributed by atoms with Gasteiger partial charge in [-0.15, -0.1) is 10.2 Å². The van der Waals surface area contributed by atoms with Gasteiger partial charge in [0.25, 0.3) is 5.92 Å². The molecular weight excluding hydrogens is 498 g/mol. The fourth-order valence-corrected chi connectivity index (χ4v) is 6.17. The topological polar surface area (TPSA) is 78.4 Å². The van der Waals surface area contributed by atoms with Crippen molar-refractivity contribution in [1.82, 2.24) is 34.1 Å². The second kappa shape index (κ2) is 7.63. The van der Waals surface area contributed by atoms with Gasteiger partial charge in [-0.2, -0.15) is 5.10 Å². The lowest BCUT2D eigenvalue weighted by molar-refractivity contribution is -0.103. The molecule has 0 bridgehead atoms. The Morgan fingerprint density at radius 1 is 1.11 bits per heavy atom. The molecule has 8 nitrogen and oxygen atoms in total. The first kappa shape index (κ1) is 22.9. The number of pyridine rings is 1. The van der Waals surface area contributed by atoms with Crippen LogP contribution in [0.2, 0.25) is 5.02 Å². The number of aromatic nitrogens is 7. The van der Waals surface area contributed by atoms with Crippen molar-refractivity contribution in [2.24, 2.45) is 12.5 Å². The number of hydrogen-bond acceptors (Lipinski definition) is 5. The van der Waals surface area contributed by atoms with Crippen molar-refractivity contribution >= 4 is 23.2 Å². The molecule has 4 aromatic rings. The van der Waals surface area contributed by atoms with Crippen LogP contribution in [0.3, 0.4) is 0 Å². The molecule has 0 unspecified atom stereocenters. The zero-order valence-corrected chi connectivity index (χ0v) is 21.4. The first-order valence-corrected chi connectivity index (χ1v) is 13.0. The number of rotatable bonds is 5. The molecule has 1 spiro atoms. The normalized spacial score (nSPS) is 19.2. The average molecular weight is 525 g/mol. The largest absolute Gasteiger partial charge is 0.344 e. The molecule has 0 radical (unpaired) electrons. The molecule has 0 saturated heterocycles. The summed E-state index contributed by atoms with van der Waals surface area (Å²) in [7, 11) is 1.85. The lowest BCUT2D eigenvalue weighted by Gasteiger charge is -2.45. The molecule has 2 saturated carbocycles. The summed E-state index contributed by atoms with van der Waals surface area (Å²) in [5, 5.41) is 16.9. The summed E-state index contributed by atoms with van der Waals surface area (Å²) >= 11 is 6.62. The van der Waals surface area contributed by atoms with Gasteiger partial charge in [-0.05, 0) is 37.8 Å². The zero-order chi connectivity index (χ0) is 25.6. The molecule has 0 atom stereocenters. The van der Waals surface area contributed by atoms with Crippen LogP contribution in [-0.4, -0.2) is 40.0 Å². The third kappa shape index (κ3) is 3.44. The summed E-state index contributed by atoms with van der Waals surface area (Å²) in [6, 6.07) is 5.82. The summed E-state index contributed by atoms with van der Waals surface area (Å²) in [5.41, 5.74) is 1.42. The summed E-state index contributed by atoms with van der Waals surface area (Å²) < 4.78 is 35.7. The number of anilines is 2. The van der Waals surface area contributed by atoms with E-state index in [2.05, 4.69) is 36.4 Å². The quantitative estimate of drug-likeness (QED) is 0.356. The Hall–Kier alpha value is -3.27. The molecule has 0 amide bonds. The number of nitrogens with zero attached hydrogens (tertiary/aromatic N) is 7. The highest BCUT2D eigenvalue weighted by atomic mass is 35.5. The third-order valence-corrected chi connectivity index (χ3v) is 8.85. The number of fused-ring (bicyclic) bond motifs is 3. The molecule has 192 valence electrons. The fraction of sp³-hybridized carbons (Fsp3) is 0.462. The van der Waals surface area contributed by atoms with E-state index in [-0.39, 0.29) is 5.41 Å². The Kier molecular flexibility index (Phi) is 4.72. The van der Waals surface area contributed by atoms with Crippen LogP contribution in [-0.2, 0) is 25.6 Å². The smallest absolute Gasteiger partial charge is 0.257 e. The lowest BCUT2D eigenvalue weighted by Crippen LogP contribution is -2.50. The molecule has 7 rings (SSSR count). The molecule has 0 aromatic carbocycles. The fourth-order valence-electron chi connectivity index (χ4n) is 5.96. The molecule has 2 aliphatic carbocycles. The highest BCUT2D eigenvalue weighted by Gasteiger charge is 2.59. The minimum absolute atomic E-state index is 0.0374. The van der Waals surface area contributed by atoms with Crippen molar-refractivity contribution in [3.05, 3.63) is 47.6 Å². The molecule has 37 heavy (non-hydrogen) atoms. The van der Waals surface area contributed by atoms with Gasteiger partial charge in [0, 0.05) is 62.1 Å². The van der Waals surface area contributed by atoms with Crippen LogP contribution in [0.25, 0.3) is 22.6 Å². The first-order chi connectivity index (χ1) is 17.7. The van der Waals surface area contributed by atoms with Gasteiger partial charge in [-0.3, -0.25) is 4.68 Å². The number of nitrogens with one attached hydrogen (secondary N) is 1. The van der Waals surface area contributed by atoms with Gasteiger partial charge >= 0.3 is 0 Å². The van der Waals surface area contributed by atoms with E-state index in [1.807, 2.05) is 29.8 Å². The van der Waals surface area contributed by atoms with Crippen LogP contribution in [0.1, 0.15) is 44.9 Å². The minimum atomic E-state index is -2.85. The molecule has 3 aliphatic rings. The molecule has 11 heteroatoms. The first-order valence-electron chi connectivity index (χ1n) is 12.6. The standard InChI is InChI=1S/C26H27ClF2N8/c1-24(28,29)26(5-3-6-26)23-34-33-22-19-10-16(13-36(19)14-25(7-8-25)15-37(22)23)17-11-20(30-12-18(17)27)32-21-4-9-31-35(21)2/h4,9-13H,3,5-8,14-15H2,1-2H3,(H,30,32). The summed E-state index contributed by atoms with van der Waals surface area (Å²) in [5.74, 6) is -0.312. The van der Waals surface area contributed by atoms with Crippen molar-refractivity contribution < 1.29 is 8.78 Å². The number of alkyl halides is 2. The molecule has 1 aliphatic heterocycles. The van der Waals surface area contributed by atoms with Gasteiger partial charge < -0.3 is 14.5 Å². The number of aryl methyl sites for hydroxylation is 1. The van der Waals surface area contributed by atoms with Crippen molar-refractivity contribution in [2.75, 3.05) is 5.32 Å². The minimum Gasteiger partial charge on any atom is -0.344 e. The second-order valence-corrected chi connectivity index (χ2v) is 11.4. The molecular formula is C26H27ClF2N8. The Balaban J connectivity index is 1.32. The van der Waals surface area contributed by atoms with Crippen LogP contribution >= 0.6 is 11.6 Å². The second-order valence-electron chi connectivity index (χ2n) is 11.0. The predicted octanol–water partition coefficient (Wildman–Crippen LogP) is 5.81. The van der Waals surface area contributed by atoms with E-state index < -0.39 is 11.3 Å². The Morgan fingerprint density at radius 3 is 2.57 bits per heavy atom. The van der Waals surface area contributed by atoms with Gasteiger partial charge in [0.05, 0.1) is 22.3 Å². The van der Waals surface area contributed by atoms with Crippen LogP contribution < -0.4 is 5.32 Å². The highest BCUT2D eigenvalue weighted by molar-refractivity contribution is 6.33. The van der Waals surface area contributed by atoms with E-state index in [0.29, 0.717) is 41.9 Å². The maximum atomic E-state index is 14.9. The monoisotopic (exact) mass is 524 g/mol. The van der Waals surface area contributed by atoms with Gasteiger partial charge in [0.2, 0.25) is 0 Å². The highest BCUT2D eigenvalue weighted by Crippen LogP contribution is 2.56. The van der Waals surface area contributed by atoms with Gasteiger partial charge in [-0.25, -0.2) is 13.8 Å². The number of hydrogen-bond donors (Lipinski definition) is 1. The van der Waals surface area contributed by atoms with Crippen molar-refractivity contribution in [3.8, 4) is 22.6 Å². The molecule has 2 fully saturated rings. The lowest BCUT2D eigenvalue weighted by atomic mass is 9.64. The summed E-state index contributed by atoms with van der Waals surface area (Å²) in [4.78, 5) is 4.43. The Labute approximate surface area is 217 Å². The van der Waals surface area contributed by atoms with Gasteiger partial charge in [-0.1, -0.05) is 18.0 Å². The summed E-state index contributed by atoms with van der Waals surface area (Å²) in [6.45, 7) is 2.51. The Morgan fingerprint density at radius 2 is 1.92 bits per heavy atom. The third-order valence-electron chi connectivity index (χ3n) is 8.55. The van der Waals surface area contributed by atoms with E-state index in [1.54, 1.807) is 17.1 Å². The van der Waals surface area contributed by atoms with E-state index in [9.17, 15) is 8.78 Å². The van der Waals surface area contributed by atoms with E-state index in [4.69, 9.17) is 11.6 Å². The van der Waals surface area contributed by atoms with Crippen molar-refractivity contribution in [3.63, 3.8) is 0 Å². The average Bonchev–Trinajstić information content (AvgIpc) is 3.08. The molecule has 1 N–H and O–H groups in total. The zero-order valence-electron chi connectivity index (χ0n) is 20.7. The maximum Gasteiger partial charge on any atom is 0.257 e. The maximum absolute atomic E-state index is 14.9. The van der Waals surface area contributed by atoms with Crippen LogP contribution in [0, 0.1) is 5.41 Å². The van der Waals surface area contributed by atoms with E-state index in [0.717, 1.165) is 55.4 Å². The SMILES string of the molecule is Cn1nccc1Nc1cc(-c2cc3n(c2)CC2(CC2)Cn2c-3nnc2C2(C(C)(F)F)CCC2)c(Cl)cn1. The predicted molar refractivity (Wildman–Crippen MR) is 136 cm³/mol. The van der Waals surface area contributed by atoms with Gasteiger partial charge in [0.1, 0.15) is 17.5 Å². The van der Waals surface area contributed by atoms with E-state index >= 15 is 0 Å². The van der Waals surface area contributed by atoms with Crippen LogP contribution in [0.5, 0.6) is 0 Å². The van der Waals surface area contributed by atoms with Crippen LogP contribution in [0.15, 0.2) is 36.8 Å². The van der Waals surface area contributed by atoms with E-state index in [1.165, 1.54) is 0 Å². The number of halogens is 3. The van der Waals surface area contributed by atoms with Crippen LogP contribution in [0.4, 0.5) is 20.4 Å². The molecule has 5 heterocycles. The van der Waals surface area contributed by atoms with Crippen molar-refractivity contribution in [1.29, 1.82) is 0 Å². The van der Waals surface area contributed by atoms with Crippen molar-refractivity contribution in [2.45, 2.75) is 63.5 Å². The summed E-state index contributed by atoms with van der Waals surface area (Å²) in [6.07, 6.45) is 9.20.